The summed E-state index contributed by atoms with van der Waals surface area (Å²) < 4.78 is 11.0. The van der Waals surface area contributed by atoms with Crippen molar-refractivity contribution in [2.75, 3.05) is 26.4 Å². The molecular weight excluding hydrogens is 226 g/mol. The van der Waals surface area contributed by atoms with Gasteiger partial charge in [0.1, 0.15) is 6.10 Å². The molecule has 100 valence electrons. The van der Waals surface area contributed by atoms with E-state index in [2.05, 4.69) is 43.4 Å². The molecule has 3 nitrogen and oxygen atoms in total. The van der Waals surface area contributed by atoms with Gasteiger partial charge in [0.05, 0.1) is 25.9 Å². The highest BCUT2D eigenvalue weighted by molar-refractivity contribution is 5.24. The van der Waals surface area contributed by atoms with Crippen LogP contribution in [0.1, 0.15) is 30.5 Å². The van der Waals surface area contributed by atoms with Gasteiger partial charge >= 0.3 is 0 Å². The van der Waals surface area contributed by atoms with Crippen LogP contribution < -0.4 is 5.32 Å². The zero-order valence-electron chi connectivity index (χ0n) is 11.3. The van der Waals surface area contributed by atoms with Crippen LogP contribution >= 0.6 is 0 Å². The molecule has 1 saturated heterocycles. The fourth-order valence-electron chi connectivity index (χ4n) is 1.93. The van der Waals surface area contributed by atoms with Crippen LogP contribution in [0.3, 0.4) is 0 Å². The smallest absolute Gasteiger partial charge is 0.104 e. The summed E-state index contributed by atoms with van der Waals surface area (Å²) in [5.74, 6) is 0. The van der Waals surface area contributed by atoms with E-state index in [1.165, 1.54) is 11.1 Å². The van der Waals surface area contributed by atoms with Crippen molar-refractivity contribution in [2.45, 2.75) is 32.4 Å². The number of benzene rings is 1. The number of hydrogen-bond acceptors (Lipinski definition) is 3. The standard InChI is InChI=1S/C15H23NO2/c1-3-8-16-15(11-18-14-9-17-10-14)13-6-4-12(2)5-7-13/h4-7,14-16H,3,8-11H2,1-2H3. The number of ether oxygens (including phenoxy) is 2. The van der Waals surface area contributed by atoms with Crippen LogP contribution in [0, 0.1) is 6.92 Å². The Morgan fingerprint density at radius 1 is 1.33 bits per heavy atom. The molecule has 1 aliphatic rings. The molecule has 1 aliphatic heterocycles. The minimum atomic E-state index is 0.283. The lowest BCUT2D eigenvalue weighted by Gasteiger charge is -2.28. The predicted octanol–water partition coefficient (Wildman–Crippen LogP) is 2.45. The molecule has 1 unspecified atom stereocenters. The Bertz CT molecular complexity index is 346. The van der Waals surface area contributed by atoms with Crippen molar-refractivity contribution >= 4 is 0 Å². The Morgan fingerprint density at radius 2 is 2.06 bits per heavy atom. The zero-order valence-corrected chi connectivity index (χ0v) is 11.3. The topological polar surface area (TPSA) is 30.5 Å². The summed E-state index contributed by atoms with van der Waals surface area (Å²) in [7, 11) is 0. The van der Waals surface area contributed by atoms with Gasteiger partial charge in [-0.3, -0.25) is 0 Å². The maximum Gasteiger partial charge on any atom is 0.104 e. The summed E-state index contributed by atoms with van der Waals surface area (Å²) in [4.78, 5) is 0. The van der Waals surface area contributed by atoms with Gasteiger partial charge in [-0.15, -0.1) is 0 Å². The second-order valence-corrected chi connectivity index (χ2v) is 4.91. The normalized spacial score (nSPS) is 17.4. The highest BCUT2D eigenvalue weighted by Crippen LogP contribution is 2.16. The van der Waals surface area contributed by atoms with Gasteiger partial charge in [0.2, 0.25) is 0 Å². The molecule has 1 fully saturated rings. The number of hydrogen-bond donors (Lipinski definition) is 1. The molecule has 0 aromatic heterocycles. The zero-order chi connectivity index (χ0) is 12.8. The van der Waals surface area contributed by atoms with Gasteiger partial charge in [-0.2, -0.15) is 0 Å². The number of rotatable bonds is 7. The maximum absolute atomic E-state index is 5.83. The predicted molar refractivity (Wildman–Crippen MR) is 72.8 cm³/mol. The molecule has 0 radical (unpaired) electrons. The van der Waals surface area contributed by atoms with Crippen LogP contribution in [0.25, 0.3) is 0 Å². The molecule has 0 bridgehead atoms. The summed E-state index contributed by atoms with van der Waals surface area (Å²) in [5, 5.41) is 3.54. The minimum absolute atomic E-state index is 0.283. The van der Waals surface area contributed by atoms with Gasteiger partial charge in [-0.05, 0) is 25.5 Å². The molecule has 1 atom stereocenters. The summed E-state index contributed by atoms with van der Waals surface area (Å²) in [6.45, 7) is 7.52. The van der Waals surface area contributed by atoms with Gasteiger partial charge in [-0.1, -0.05) is 36.8 Å². The third-order valence-corrected chi connectivity index (χ3v) is 3.23. The van der Waals surface area contributed by atoms with E-state index in [-0.39, 0.29) is 6.04 Å². The number of nitrogens with one attached hydrogen (secondary N) is 1. The second kappa shape index (κ2) is 6.88. The first kappa shape index (κ1) is 13.5. The molecular formula is C15H23NO2. The lowest BCUT2D eigenvalue weighted by molar-refractivity contribution is -0.133. The quantitative estimate of drug-likeness (QED) is 0.805. The Kier molecular flexibility index (Phi) is 5.17. The molecule has 0 aliphatic carbocycles. The second-order valence-electron chi connectivity index (χ2n) is 4.91. The summed E-state index contributed by atoms with van der Waals surface area (Å²) in [6.07, 6.45) is 1.43. The molecule has 1 aromatic rings. The third kappa shape index (κ3) is 3.80. The van der Waals surface area contributed by atoms with Gasteiger partial charge in [0, 0.05) is 0 Å². The SMILES string of the molecule is CCCNC(COC1COC1)c1ccc(C)cc1. The fraction of sp³-hybridized carbons (Fsp3) is 0.600. The van der Waals surface area contributed by atoms with Gasteiger partial charge < -0.3 is 14.8 Å². The highest BCUT2D eigenvalue weighted by Gasteiger charge is 2.21. The van der Waals surface area contributed by atoms with Crippen molar-refractivity contribution in [2.24, 2.45) is 0 Å². The maximum atomic E-state index is 5.83. The van der Waals surface area contributed by atoms with Crippen molar-refractivity contribution < 1.29 is 9.47 Å². The lowest BCUT2D eigenvalue weighted by atomic mass is 10.1. The Hall–Kier alpha value is -0.900. The Labute approximate surface area is 109 Å². The van der Waals surface area contributed by atoms with Crippen LogP contribution in [-0.4, -0.2) is 32.5 Å². The van der Waals surface area contributed by atoms with E-state index in [1.807, 2.05) is 0 Å². The highest BCUT2D eigenvalue weighted by atomic mass is 16.6. The number of aryl methyl sites for hydroxylation is 1. The first-order valence-corrected chi connectivity index (χ1v) is 6.79. The summed E-state index contributed by atoms with van der Waals surface area (Å²) >= 11 is 0. The Balaban J connectivity index is 1.91. The van der Waals surface area contributed by atoms with Crippen LogP contribution in [0.2, 0.25) is 0 Å². The molecule has 18 heavy (non-hydrogen) atoms. The van der Waals surface area contributed by atoms with E-state index >= 15 is 0 Å². The molecule has 0 saturated carbocycles. The first-order chi connectivity index (χ1) is 8.79. The van der Waals surface area contributed by atoms with Gasteiger partial charge in [-0.25, -0.2) is 0 Å². The fourth-order valence-corrected chi connectivity index (χ4v) is 1.93. The molecule has 3 heteroatoms. The molecule has 1 N–H and O–H groups in total. The van der Waals surface area contributed by atoms with E-state index in [0.717, 1.165) is 32.8 Å². The van der Waals surface area contributed by atoms with E-state index in [0.29, 0.717) is 6.10 Å². The molecule has 0 amide bonds. The van der Waals surface area contributed by atoms with E-state index in [4.69, 9.17) is 9.47 Å². The van der Waals surface area contributed by atoms with Crippen LogP contribution in [-0.2, 0) is 9.47 Å². The van der Waals surface area contributed by atoms with Crippen molar-refractivity contribution in [3.05, 3.63) is 35.4 Å². The largest absolute Gasteiger partial charge is 0.376 e. The summed E-state index contributed by atoms with van der Waals surface area (Å²) in [6, 6.07) is 8.96. The molecule has 2 rings (SSSR count). The monoisotopic (exact) mass is 249 g/mol. The third-order valence-electron chi connectivity index (χ3n) is 3.23. The van der Waals surface area contributed by atoms with Crippen LogP contribution in [0.4, 0.5) is 0 Å². The minimum Gasteiger partial charge on any atom is -0.376 e. The average molecular weight is 249 g/mol. The molecule has 0 spiro atoms. The average Bonchev–Trinajstić information content (AvgIpc) is 2.32. The van der Waals surface area contributed by atoms with Gasteiger partial charge in [0.15, 0.2) is 0 Å². The Morgan fingerprint density at radius 3 is 2.61 bits per heavy atom. The van der Waals surface area contributed by atoms with Crippen LogP contribution in [0.15, 0.2) is 24.3 Å². The summed E-state index contributed by atoms with van der Waals surface area (Å²) in [5.41, 5.74) is 2.59. The molecule has 1 aromatic carbocycles. The van der Waals surface area contributed by atoms with E-state index in [9.17, 15) is 0 Å². The first-order valence-electron chi connectivity index (χ1n) is 6.79. The van der Waals surface area contributed by atoms with Crippen LogP contribution in [0.5, 0.6) is 0 Å². The molecule has 1 heterocycles. The van der Waals surface area contributed by atoms with Crippen molar-refractivity contribution in [3.63, 3.8) is 0 Å². The van der Waals surface area contributed by atoms with Gasteiger partial charge in [0.25, 0.3) is 0 Å². The van der Waals surface area contributed by atoms with E-state index in [1.54, 1.807) is 0 Å². The lowest BCUT2D eigenvalue weighted by Crippen LogP contribution is -2.38. The van der Waals surface area contributed by atoms with Crippen molar-refractivity contribution in [1.29, 1.82) is 0 Å². The van der Waals surface area contributed by atoms with Crippen molar-refractivity contribution in [3.8, 4) is 0 Å². The van der Waals surface area contributed by atoms with Crippen molar-refractivity contribution in [1.82, 2.24) is 5.32 Å². The van der Waals surface area contributed by atoms with E-state index < -0.39 is 0 Å².